The maximum Gasteiger partial charge on any atom is 0.260 e. The molecule has 1 N–H and O–H groups in total. The Bertz CT molecular complexity index is 971. The summed E-state index contributed by atoms with van der Waals surface area (Å²) >= 11 is 5.91. The van der Waals surface area contributed by atoms with E-state index in [-0.39, 0.29) is 30.5 Å². The molecule has 1 aliphatic carbocycles. The fourth-order valence-electron chi connectivity index (χ4n) is 5.40. The highest BCUT2D eigenvalue weighted by Crippen LogP contribution is 2.31. The molecule has 7 heteroatoms. The molecule has 2 unspecified atom stereocenters. The molecule has 1 saturated heterocycles. The second kappa shape index (κ2) is 13.1. The fourth-order valence-corrected chi connectivity index (χ4v) is 5.52. The van der Waals surface area contributed by atoms with E-state index in [1.54, 1.807) is 24.3 Å². The van der Waals surface area contributed by atoms with Gasteiger partial charge in [0.15, 0.2) is 6.61 Å². The van der Waals surface area contributed by atoms with Crippen LogP contribution in [-0.2, 0) is 16.0 Å². The quantitative estimate of drug-likeness (QED) is 0.508. The molecule has 6 nitrogen and oxygen atoms in total. The Hall–Kier alpha value is -2.57. The largest absolute Gasteiger partial charge is 0.484 e. The Labute approximate surface area is 219 Å². The lowest BCUT2D eigenvalue weighted by Gasteiger charge is -2.41. The van der Waals surface area contributed by atoms with Crippen molar-refractivity contribution in [2.75, 3.05) is 32.8 Å². The number of nitrogens with zero attached hydrogens (tertiary/aromatic N) is 2. The number of hydrogen-bond acceptors (Lipinski definition) is 4. The fraction of sp³-hybridized carbons (Fsp3) is 0.517. The standard InChI is InChI=1S/C29H38ClN3O3/c1-22(11-12-23-7-3-2-4-8-23)31-29(35)28(24-9-5-6-10-24)33-19-17-32(18-20-33)27(34)21-36-26-15-13-25(30)14-16-26/h2-4,7-8,13-16,22,24,28H,5-6,9-12,17-21H2,1H3,(H,31,35). The molecule has 36 heavy (non-hydrogen) atoms. The minimum Gasteiger partial charge on any atom is -0.484 e. The monoisotopic (exact) mass is 511 g/mol. The van der Waals surface area contributed by atoms with E-state index in [2.05, 4.69) is 41.4 Å². The number of carbonyl (C=O) groups excluding carboxylic acids is 2. The van der Waals surface area contributed by atoms with E-state index in [4.69, 9.17) is 16.3 Å². The van der Waals surface area contributed by atoms with Crippen molar-refractivity contribution in [3.05, 3.63) is 65.2 Å². The Morgan fingerprint density at radius 3 is 2.33 bits per heavy atom. The average Bonchev–Trinajstić information content (AvgIpc) is 3.42. The molecule has 1 aliphatic heterocycles. The van der Waals surface area contributed by atoms with E-state index in [1.807, 2.05) is 11.0 Å². The van der Waals surface area contributed by atoms with E-state index in [0.717, 1.165) is 25.7 Å². The lowest BCUT2D eigenvalue weighted by molar-refractivity contribution is -0.137. The first kappa shape index (κ1) is 26.5. The van der Waals surface area contributed by atoms with Crippen LogP contribution >= 0.6 is 11.6 Å². The van der Waals surface area contributed by atoms with E-state index >= 15 is 0 Å². The molecular formula is C29H38ClN3O3. The summed E-state index contributed by atoms with van der Waals surface area (Å²) in [6.07, 6.45) is 6.46. The van der Waals surface area contributed by atoms with Gasteiger partial charge in [-0.15, -0.1) is 0 Å². The molecule has 0 bridgehead atoms. The molecule has 0 radical (unpaired) electrons. The Morgan fingerprint density at radius 1 is 1.00 bits per heavy atom. The summed E-state index contributed by atoms with van der Waals surface area (Å²) in [6, 6.07) is 17.4. The SMILES string of the molecule is CC(CCc1ccccc1)NC(=O)C(C1CCCC1)N1CCN(C(=O)COc2ccc(Cl)cc2)CC1. The summed E-state index contributed by atoms with van der Waals surface area (Å²) in [5, 5.41) is 3.95. The molecule has 4 rings (SSSR count). The van der Waals surface area contributed by atoms with Gasteiger partial charge in [0.25, 0.3) is 5.91 Å². The summed E-state index contributed by atoms with van der Waals surface area (Å²) in [5.74, 6) is 1.14. The highest BCUT2D eigenvalue weighted by molar-refractivity contribution is 6.30. The van der Waals surface area contributed by atoms with E-state index in [1.165, 1.54) is 18.4 Å². The van der Waals surface area contributed by atoms with Gasteiger partial charge in [0.05, 0.1) is 6.04 Å². The van der Waals surface area contributed by atoms with Gasteiger partial charge < -0.3 is 15.0 Å². The molecule has 2 atom stereocenters. The average molecular weight is 512 g/mol. The Kier molecular flexibility index (Phi) is 9.65. The maximum absolute atomic E-state index is 13.5. The Balaban J connectivity index is 1.28. The second-order valence-corrected chi connectivity index (χ2v) is 10.5. The predicted octanol–water partition coefficient (Wildman–Crippen LogP) is 4.56. The maximum atomic E-state index is 13.5. The van der Waals surface area contributed by atoms with Crippen LogP contribution in [0.2, 0.25) is 5.02 Å². The summed E-state index contributed by atoms with van der Waals surface area (Å²) < 4.78 is 5.64. The number of benzene rings is 2. The molecule has 194 valence electrons. The topological polar surface area (TPSA) is 61.9 Å². The van der Waals surface area contributed by atoms with Gasteiger partial charge >= 0.3 is 0 Å². The highest BCUT2D eigenvalue weighted by atomic mass is 35.5. The van der Waals surface area contributed by atoms with Gasteiger partial charge in [-0.25, -0.2) is 0 Å². The molecule has 2 aromatic rings. The molecular weight excluding hydrogens is 474 g/mol. The first-order valence-electron chi connectivity index (χ1n) is 13.2. The number of nitrogens with one attached hydrogen (secondary N) is 1. The zero-order valence-corrected chi connectivity index (χ0v) is 22.0. The molecule has 0 aromatic heterocycles. The van der Waals surface area contributed by atoms with Crippen LogP contribution in [0.5, 0.6) is 5.75 Å². The number of halogens is 1. The van der Waals surface area contributed by atoms with E-state index < -0.39 is 0 Å². The van der Waals surface area contributed by atoms with Crippen molar-refractivity contribution in [1.82, 2.24) is 15.1 Å². The number of amides is 2. The van der Waals surface area contributed by atoms with Crippen molar-refractivity contribution in [3.8, 4) is 5.75 Å². The lowest BCUT2D eigenvalue weighted by Crippen LogP contribution is -2.59. The van der Waals surface area contributed by atoms with Crippen LogP contribution in [0, 0.1) is 5.92 Å². The molecule has 2 aliphatic rings. The molecule has 2 amide bonds. The number of aryl methyl sites for hydroxylation is 1. The minimum atomic E-state index is -0.116. The van der Waals surface area contributed by atoms with Crippen molar-refractivity contribution >= 4 is 23.4 Å². The minimum absolute atomic E-state index is 0.00704. The third-order valence-electron chi connectivity index (χ3n) is 7.45. The van der Waals surface area contributed by atoms with Crippen molar-refractivity contribution in [1.29, 1.82) is 0 Å². The van der Waals surface area contributed by atoms with E-state index in [0.29, 0.717) is 42.9 Å². The molecule has 0 spiro atoms. The van der Waals surface area contributed by atoms with Crippen LogP contribution in [0.15, 0.2) is 54.6 Å². The van der Waals surface area contributed by atoms with E-state index in [9.17, 15) is 9.59 Å². The Morgan fingerprint density at radius 2 is 1.67 bits per heavy atom. The third kappa shape index (κ3) is 7.47. The molecule has 2 fully saturated rings. The van der Waals surface area contributed by atoms with Crippen LogP contribution in [0.1, 0.15) is 44.6 Å². The first-order chi connectivity index (χ1) is 17.5. The zero-order chi connectivity index (χ0) is 25.3. The number of piperazine rings is 1. The first-order valence-corrected chi connectivity index (χ1v) is 13.6. The van der Waals surface area contributed by atoms with Gasteiger partial charge in [-0.1, -0.05) is 54.8 Å². The molecule has 1 heterocycles. The predicted molar refractivity (Wildman–Crippen MR) is 143 cm³/mol. The van der Waals surface area contributed by atoms with Gasteiger partial charge in [0.1, 0.15) is 5.75 Å². The van der Waals surface area contributed by atoms with Gasteiger partial charge in [-0.2, -0.15) is 0 Å². The molecule has 2 aromatic carbocycles. The second-order valence-electron chi connectivity index (χ2n) is 10.1. The van der Waals surface area contributed by atoms with Gasteiger partial charge in [0.2, 0.25) is 5.91 Å². The van der Waals surface area contributed by atoms with Crippen LogP contribution in [0.3, 0.4) is 0 Å². The summed E-state index contributed by atoms with van der Waals surface area (Å²) in [4.78, 5) is 30.4. The van der Waals surface area contributed by atoms with Gasteiger partial charge in [-0.05, 0) is 68.4 Å². The summed E-state index contributed by atoms with van der Waals surface area (Å²) in [5.41, 5.74) is 1.30. The number of carbonyl (C=O) groups is 2. The van der Waals surface area contributed by atoms with Crippen molar-refractivity contribution in [2.24, 2.45) is 5.92 Å². The smallest absolute Gasteiger partial charge is 0.260 e. The highest BCUT2D eigenvalue weighted by Gasteiger charge is 2.37. The summed E-state index contributed by atoms with van der Waals surface area (Å²) in [7, 11) is 0. The summed E-state index contributed by atoms with van der Waals surface area (Å²) in [6.45, 7) is 4.75. The molecule has 1 saturated carbocycles. The van der Waals surface area contributed by atoms with Crippen LogP contribution < -0.4 is 10.1 Å². The van der Waals surface area contributed by atoms with Crippen LogP contribution in [-0.4, -0.2) is 66.5 Å². The third-order valence-corrected chi connectivity index (χ3v) is 7.70. The van der Waals surface area contributed by atoms with Crippen molar-refractivity contribution in [2.45, 2.75) is 57.5 Å². The number of ether oxygens (including phenoxy) is 1. The van der Waals surface area contributed by atoms with Crippen LogP contribution in [0.25, 0.3) is 0 Å². The van der Waals surface area contributed by atoms with Gasteiger partial charge in [-0.3, -0.25) is 14.5 Å². The van der Waals surface area contributed by atoms with Crippen LogP contribution in [0.4, 0.5) is 0 Å². The van der Waals surface area contributed by atoms with Gasteiger partial charge in [0, 0.05) is 37.2 Å². The number of rotatable bonds is 10. The van der Waals surface area contributed by atoms with Crippen molar-refractivity contribution < 1.29 is 14.3 Å². The number of hydrogen-bond donors (Lipinski definition) is 1. The zero-order valence-electron chi connectivity index (χ0n) is 21.2. The lowest BCUT2D eigenvalue weighted by atomic mass is 9.94. The normalized spacial score (nSPS) is 18.6. The van der Waals surface area contributed by atoms with Crippen molar-refractivity contribution in [3.63, 3.8) is 0 Å².